The second-order valence-corrected chi connectivity index (χ2v) is 7.18. The van der Waals surface area contributed by atoms with Crippen LogP contribution in [0.1, 0.15) is 29.4 Å². The molecule has 1 rings (SSSR count). The third-order valence-electron chi connectivity index (χ3n) is 2.76. The molecule has 1 aromatic heterocycles. The Balaban J connectivity index is 2.29. The van der Waals surface area contributed by atoms with E-state index < -0.39 is 0 Å². The number of thiophene rings is 1. The zero-order valence-corrected chi connectivity index (χ0v) is 15.1. The predicted octanol–water partition coefficient (Wildman–Crippen LogP) is 1.62. The molecule has 6 nitrogen and oxygen atoms in total. The highest BCUT2D eigenvalue weighted by Gasteiger charge is 2.16. The van der Waals surface area contributed by atoms with Crippen molar-refractivity contribution in [2.45, 2.75) is 19.8 Å². The minimum Gasteiger partial charge on any atom is -0.356 e. The molecule has 8 heteroatoms. The first-order chi connectivity index (χ1) is 10.4. The lowest BCUT2D eigenvalue weighted by Crippen LogP contribution is -2.39. The minimum absolute atomic E-state index is 0.0368. The van der Waals surface area contributed by atoms with Gasteiger partial charge in [-0.2, -0.15) is 0 Å². The van der Waals surface area contributed by atoms with Crippen molar-refractivity contribution in [3.63, 3.8) is 0 Å². The lowest BCUT2D eigenvalue weighted by molar-refractivity contribution is -0.122. The van der Waals surface area contributed by atoms with Crippen molar-refractivity contribution in [1.82, 2.24) is 15.5 Å². The Morgan fingerprint density at radius 1 is 1.18 bits per heavy atom. The molecule has 1 heterocycles. The topological polar surface area (TPSA) is 78.5 Å². The number of hydrogen-bond donors (Lipinski definition) is 2. The van der Waals surface area contributed by atoms with Gasteiger partial charge in [0.2, 0.25) is 11.8 Å². The van der Waals surface area contributed by atoms with Gasteiger partial charge in [-0.3, -0.25) is 14.4 Å². The van der Waals surface area contributed by atoms with Crippen molar-refractivity contribution >= 4 is 45.0 Å². The van der Waals surface area contributed by atoms with Gasteiger partial charge < -0.3 is 15.5 Å². The molecule has 0 fully saturated rings. The lowest BCUT2D eigenvalue weighted by Gasteiger charge is -2.15. The molecule has 0 saturated heterocycles. The third kappa shape index (κ3) is 6.57. The number of nitrogens with zero attached hydrogens (tertiary/aromatic N) is 1. The van der Waals surface area contributed by atoms with Gasteiger partial charge in [-0.05, 0) is 34.5 Å². The van der Waals surface area contributed by atoms with Crippen molar-refractivity contribution in [2.75, 3.05) is 26.7 Å². The summed E-state index contributed by atoms with van der Waals surface area (Å²) in [5, 5.41) is 5.36. The van der Waals surface area contributed by atoms with E-state index in [1.54, 1.807) is 19.2 Å². The summed E-state index contributed by atoms with van der Waals surface area (Å²) >= 11 is 4.62. The van der Waals surface area contributed by atoms with Crippen LogP contribution in [0.5, 0.6) is 0 Å². The number of amides is 3. The molecule has 2 N–H and O–H groups in total. The molecule has 0 unspecified atom stereocenters. The molecule has 0 aliphatic carbocycles. The molecule has 0 aliphatic heterocycles. The van der Waals surface area contributed by atoms with Crippen molar-refractivity contribution in [3.05, 3.63) is 20.8 Å². The van der Waals surface area contributed by atoms with Crippen LogP contribution in [0.3, 0.4) is 0 Å². The molecule has 0 bridgehead atoms. The monoisotopic (exact) mass is 389 g/mol. The van der Waals surface area contributed by atoms with Crippen LogP contribution in [0, 0.1) is 0 Å². The maximum absolute atomic E-state index is 12.1. The molecule has 0 atom stereocenters. The van der Waals surface area contributed by atoms with Gasteiger partial charge >= 0.3 is 0 Å². The van der Waals surface area contributed by atoms with Crippen LogP contribution in [0.2, 0.25) is 0 Å². The van der Waals surface area contributed by atoms with Crippen LogP contribution < -0.4 is 10.6 Å². The smallest absolute Gasteiger partial charge is 0.264 e. The average Bonchev–Trinajstić information content (AvgIpc) is 2.90. The van der Waals surface area contributed by atoms with E-state index in [-0.39, 0.29) is 37.2 Å². The van der Waals surface area contributed by atoms with Gasteiger partial charge in [0.25, 0.3) is 5.91 Å². The molecule has 22 heavy (non-hydrogen) atoms. The molecule has 0 spiro atoms. The second-order valence-electron chi connectivity index (χ2n) is 4.71. The Labute approximate surface area is 142 Å². The second kappa shape index (κ2) is 9.58. The predicted molar refractivity (Wildman–Crippen MR) is 89.9 cm³/mol. The number of rotatable bonds is 8. The summed E-state index contributed by atoms with van der Waals surface area (Å²) in [6.07, 6.45) is 1.12. The summed E-state index contributed by atoms with van der Waals surface area (Å²) in [6, 6.07) is 3.50. The molecule has 3 amide bonds. The summed E-state index contributed by atoms with van der Waals surface area (Å²) in [7, 11) is 1.57. The fourth-order valence-corrected chi connectivity index (χ4v) is 3.01. The van der Waals surface area contributed by atoms with Crippen molar-refractivity contribution in [1.29, 1.82) is 0 Å². The maximum atomic E-state index is 12.1. The third-order valence-corrected chi connectivity index (χ3v) is 4.37. The summed E-state index contributed by atoms with van der Waals surface area (Å²) in [6.45, 7) is 2.84. The van der Waals surface area contributed by atoms with Gasteiger partial charge in [0.1, 0.15) is 0 Å². The summed E-state index contributed by atoms with van der Waals surface area (Å²) < 4.78 is 0.867. The highest BCUT2D eigenvalue weighted by Crippen LogP contribution is 2.22. The quantitative estimate of drug-likeness (QED) is 0.708. The standard InChI is InChI=1S/C14H20BrN3O3S/c1-3-7-16-12(19)6-8-17-13(20)9-18(2)14(21)10-4-5-11(15)22-10/h4-5H,3,6-9H2,1-2H3,(H,16,19)(H,17,20). The highest BCUT2D eigenvalue weighted by molar-refractivity contribution is 9.11. The van der Waals surface area contributed by atoms with Crippen molar-refractivity contribution in [2.24, 2.45) is 0 Å². The normalized spacial score (nSPS) is 10.1. The fourth-order valence-electron chi connectivity index (χ4n) is 1.63. The van der Waals surface area contributed by atoms with E-state index in [4.69, 9.17) is 0 Å². The van der Waals surface area contributed by atoms with Crippen LogP contribution in [0.15, 0.2) is 15.9 Å². The number of carbonyl (C=O) groups excluding carboxylic acids is 3. The zero-order chi connectivity index (χ0) is 16.5. The summed E-state index contributed by atoms with van der Waals surface area (Å²) in [5.41, 5.74) is 0. The molecular weight excluding hydrogens is 370 g/mol. The van der Waals surface area contributed by atoms with Crippen LogP contribution in [-0.4, -0.2) is 49.3 Å². The van der Waals surface area contributed by atoms with Gasteiger partial charge in [0, 0.05) is 26.6 Å². The number of carbonyl (C=O) groups is 3. The molecule has 0 aromatic carbocycles. The Bertz CT molecular complexity index is 533. The Morgan fingerprint density at radius 2 is 1.86 bits per heavy atom. The molecule has 122 valence electrons. The number of likely N-dealkylation sites (N-methyl/N-ethyl adjacent to an activating group) is 1. The van der Waals surface area contributed by atoms with Crippen LogP contribution in [0.4, 0.5) is 0 Å². The molecule has 0 saturated carbocycles. The van der Waals surface area contributed by atoms with Crippen LogP contribution in [0.25, 0.3) is 0 Å². The van der Waals surface area contributed by atoms with E-state index in [1.165, 1.54) is 16.2 Å². The van der Waals surface area contributed by atoms with E-state index in [9.17, 15) is 14.4 Å². The van der Waals surface area contributed by atoms with E-state index in [1.807, 2.05) is 6.92 Å². The maximum Gasteiger partial charge on any atom is 0.264 e. The van der Waals surface area contributed by atoms with Crippen LogP contribution >= 0.6 is 27.3 Å². The van der Waals surface area contributed by atoms with Gasteiger partial charge in [-0.15, -0.1) is 11.3 Å². The van der Waals surface area contributed by atoms with Gasteiger partial charge in [-0.1, -0.05) is 6.92 Å². The Morgan fingerprint density at radius 3 is 2.45 bits per heavy atom. The Hall–Kier alpha value is -1.41. The Kier molecular flexibility index (Phi) is 8.11. The molecule has 1 aromatic rings. The number of halogens is 1. The first kappa shape index (κ1) is 18.6. The van der Waals surface area contributed by atoms with Gasteiger partial charge in [0.15, 0.2) is 0 Å². The van der Waals surface area contributed by atoms with Gasteiger partial charge in [-0.25, -0.2) is 0 Å². The number of hydrogen-bond acceptors (Lipinski definition) is 4. The minimum atomic E-state index is -0.283. The largest absolute Gasteiger partial charge is 0.356 e. The summed E-state index contributed by atoms with van der Waals surface area (Å²) in [4.78, 5) is 37.1. The first-order valence-corrected chi connectivity index (χ1v) is 8.59. The van der Waals surface area contributed by atoms with Crippen molar-refractivity contribution < 1.29 is 14.4 Å². The fraction of sp³-hybridized carbons (Fsp3) is 0.500. The number of nitrogens with one attached hydrogen (secondary N) is 2. The molecule has 0 radical (unpaired) electrons. The first-order valence-electron chi connectivity index (χ1n) is 6.98. The van der Waals surface area contributed by atoms with E-state index in [2.05, 4.69) is 26.6 Å². The highest BCUT2D eigenvalue weighted by atomic mass is 79.9. The van der Waals surface area contributed by atoms with Crippen molar-refractivity contribution in [3.8, 4) is 0 Å². The molecular formula is C14H20BrN3O3S. The summed E-state index contributed by atoms with van der Waals surface area (Å²) in [5.74, 6) is -0.573. The zero-order valence-electron chi connectivity index (χ0n) is 12.6. The van der Waals surface area contributed by atoms with E-state index in [0.717, 1.165) is 10.2 Å². The van der Waals surface area contributed by atoms with Crippen LogP contribution in [-0.2, 0) is 9.59 Å². The lowest BCUT2D eigenvalue weighted by atomic mass is 10.3. The average molecular weight is 390 g/mol. The van der Waals surface area contributed by atoms with E-state index >= 15 is 0 Å². The SMILES string of the molecule is CCCNC(=O)CCNC(=O)CN(C)C(=O)c1ccc(Br)s1. The van der Waals surface area contributed by atoms with E-state index in [0.29, 0.717) is 11.4 Å². The molecule has 0 aliphatic rings. The van der Waals surface area contributed by atoms with Gasteiger partial charge in [0.05, 0.1) is 15.2 Å².